The summed E-state index contributed by atoms with van der Waals surface area (Å²) in [6, 6.07) is 9.38. The van der Waals surface area contributed by atoms with Crippen LogP contribution in [0.3, 0.4) is 0 Å². The van der Waals surface area contributed by atoms with Crippen molar-refractivity contribution in [1.29, 1.82) is 0 Å². The average molecular weight is 410 g/mol. The van der Waals surface area contributed by atoms with Crippen LogP contribution in [0.5, 0.6) is 0 Å². The van der Waals surface area contributed by atoms with Gasteiger partial charge < -0.3 is 11.5 Å². The summed E-state index contributed by atoms with van der Waals surface area (Å²) in [5.74, 6) is -2.17. The van der Waals surface area contributed by atoms with Crippen molar-refractivity contribution in [2.24, 2.45) is 0 Å². The van der Waals surface area contributed by atoms with Gasteiger partial charge in [-0.1, -0.05) is 12.1 Å². The van der Waals surface area contributed by atoms with Crippen molar-refractivity contribution in [2.45, 2.75) is 0 Å². The summed E-state index contributed by atoms with van der Waals surface area (Å²) in [6.45, 7) is 0. The van der Waals surface area contributed by atoms with E-state index in [1.165, 1.54) is 36.5 Å². The molecule has 4 N–H and O–H groups in total. The molecule has 30 heavy (non-hydrogen) atoms. The Morgan fingerprint density at radius 2 is 1.87 bits per heavy atom. The first-order valence-electron chi connectivity index (χ1n) is 8.39. The Bertz CT molecular complexity index is 1290. The SMILES string of the molecule is Nc1ccc(-c2cnc(N)c(-c3nnnn3-c3cccc(F)c3F)c2)cc1[N+](=O)[O-]. The maximum Gasteiger partial charge on any atom is 0.292 e. The highest BCUT2D eigenvalue weighted by atomic mass is 19.2. The third-order valence-corrected chi connectivity index (χ3v) is 4.35. The Balaban J connectivity index is 1.86. The van der Waals surface area contributed by atoms with E-state index in [9.17, 15) is 18.9 Å². The van der Waals surface area contributed by atoms with E-state index < -0.39 is 16.6 Å². The van der Waals surface area contributed by atoms with Crippen LogP contribution in [0.15, 0.2) is 48.7 Å². The number of anilines is 2. The molecular formula is C18H12F2N8O2. The lowest BCUT2D eigenvalue weighted by Gasteiger charge is -2.10. The monoisotopic (exact) mass is 410 g/mol. The molecule has 0 radical (unpaired) electrons. The zero-order chi connectivity index (χ0) is 21.4. The van der Waals surface area contributed by atoms with Gasteiger partial charge in [0.05, 0.1) is 10.5 Å². The number of benzene rings is 2. The van der Waals surface area contributed by atoms with Gasteiger partial charge >= 0.3 is 0 Å². The Morgan fingerprint density at radius 1 is 1.07 bits per heavy atom. The summed E-state index contributed by atoms with van der Waals surface area (Å²) in [7, 11) is 0. The number of halogens is 2. The molecule has 0 fully saturated rings. The van der Waals surface area contributed by atoms with E-state index in [0.717, 1.165) is 10.7 Å². The van der Waals surface area contributed by atoms with Gasteiger partial charge in [0.2, 0.25) is 0 Å². The van der Waals surface area contributed by atoms with E-state index in [1.54, 1.807) is 6.07 Å². The molecule has 0 atom stereocenters. The maximum atomic E-state index is 14.2. The molecule has 4 rings (SSSR count). The van der Waals surface area contributed by atoms with Gasteiger partial charge in [-0.2, -0.15) is 4.68 Å². The molecule has 4 aromatic rings. The van der Waals surface area contributed by atoms with E-state index in [4.69, 9.17) is 11.5 Å². The van der Waals surface area contributed by atoms with Crippen LogP contribution in [0, 0.1) is 21.7 Å². The summed E-state index contributed by atoms with van der Waals surface area (Å²) in [6.07, 6.45) is 1.41. The summed E-state index contributed by atoms with van der Waals surface area (Å²) >= 11 is 0. The Kier molecular flexibility index (Phi) is 4.50. The summed E-state index contributed by atoms with van der Waals surface area (Å²) < 4.78 is 28.9. The van der Waals surface area contributed by atoms with Crippen LogP contribution in [0.25, 0.3) is 28.2 Å². The van der Waals surface area contributed by atoms with Crippen LogP contribution in [0.2, 0.25) is 0 Å². The molecule has 0 bridgehead atoms. The number of aromatic nitrogens is 5. The van der Waals surface area contributed by atoms with Gasteiger partial charge in [0, 0.05) is 17.8 Å². The van der Waals surface area contributed by atoms with E-state index in [-0.39, 0.29) is 34.3 Å². The first-order valence-corrected chi connectivity index (χ1v) is 8.39. The molecule has 2 aromatic carbocycles. The molecule has 150 valence electrons. The third-order valence-electron chi connectivity index (χ3n) is 4.35. The van der Waals surface area contributed by atoms with Gasteiger partial charge in [-0.25, -0.2) is 13.8 Å². The predicted molar refractivity (Wildman–Crippen MR) is 103 cm³/mol. The molecule has 0 unspecified atom stereocenters. The number of tetrazole rings is 1. The number of hydrogen-bond donors (Lipinski definition) is 2. The number of nitrogens with zero attached hydrogens (tertiary/aromatic N) is 6. The molecule has 2 aromatic heterocycles. The molecule has 0 aliphatic carbocycles. The summed E-state index contributed by atoms with van der Waals surface area (Å²) in [5.41, 5.74) is 12.2. The topological polar surface area (TPSA) is 152 Å². The van der Waals surface area contributed by atoms with Crippen molar-refractivity contribution in [1.82, 2.24) is 25.2 Å². The van der Waals surface area contributed by atoms with Gasteiger partial charge in [0.15, 0.2) is 17.5 Å². The lowest BCUT2D eigenvalue weighted by Crippen LogP contribution is -2.06. The molecule has 12 heteroatoms. The van der Waals surface area contributed by atoms with Gasteiger partial charge in [0.1, 0.15) is 17.2 Å². The predicted octanol–water partition coefficient (Wildman–Crippen LogP) is 2.74. The minimum Gasteiger partial charge on any atom is -0.393 e. The first kappa shape index (κ1) is 18.9. The van der Waals surface area contributed by atoms with Crippen molar-refractivity contribution in [2.75, 3.05) is 11.5 Å². The largest absolute Gasteiger partial charge is 0.393 e. The second-order valence-corrected chi connectivity index (χ2v) is 6.17. The molecule has 0 aliphatic heterocycles. The van der Waals surface area contributed by atoms with E-state index in [2.05, 4.69) is 20.5 Å². The van der Waals surface area contributed by atoms with Crippen LogP contribution in [0.1, 0.15) is 0 Å². The van der Waals surface area contributed by atoms with Crippen molar-refractivity contribution in [3.05, 3.63) is 70.4 Å². The zero-order valence-corrected chi connectivity index (χ0v) is 15.0. The lowest BCUT2D eigenvalue weighted by molar-refractivity contribution is -0.383. The van der Waals surface area contributed by atoms with Crippen LogP contribution in [-0.4, -0.2) is 30.1 Å². The first-order chi connectivity index (χ1) is 14.4. The van der Waals surface area contributed by atoms with E-state index in [0.29, 0.717) is 11.1 Å². The second kappa shape index (κ2) is 7.16. The third kappa shape index (κ3) is 3.15. The minimum absolute atomic E-state index is 0.0105. The van der Waals surface area contributed by atoms with E-state index in [1.807, 2.05) is 0 Å². The van der Waals surface area contributed by atoms with E-state index >= 15 is 0 Å². The van der Waals surface area contributed by atoms with Crippen molar-refractivity contribution in [3.63, 3.8) is 0 Å². The van der Waals surface area contributed by atoms with Crippen LogP contribution >= 0.6 is 0 Å². The highest BCUT2D eigenvalue weighted by Crippen LogP contribution is 2.33. The Hall–Kier alpha value is -4.48. The fourth-order valence-corrected chi connectivity index (χ4v) is 2.87. The summed E-state index contributed by atoms with van der Waals surface area (Å²) in [5, 5.41) is 22.3. The Morgan fingerprint density at radius 3 is 2.63 bits per heavy atom. The molecule has 0 aliphatic rings. The van der Waals surface area contributed by atoms with Gasteiger partial charge in [-0.05, 0) is 40.3 Å². The second-order valence-electron chi connectivity index (χ2n) is 6.17. The number of nitro groups is 1. The number of nitro benzene ring substituents is 1. The Labute approximate surface area is 166 Å². The standard InChI is InChI=1S/C18H12F2N8O2/c19-12-2-1-3-14(16(12)20)27-18(24-25-26-27)11-6-10(8-23-17(11)22)9-4-5-13(21)15(7-9)28(29)30/h1-8H,21H2,(H2,22,23). The number of rotatable bonds is 4. The highest BCUT2D eigenvalue weighted by molar-refractivity contribution is 5.78. The minimum atomic E-state index is -1.14. The van der Waals surface area contributed by atoms with Crippen LogP contribution < -0.4 is 11.5 Å². The smallest absolute Gasteiger partial charge is 0.292 e. The number of nitrogens with two attached hydrogens (primary N) is 2. The molecule has 0 amide bonds. The lowest BCUT2D eigenvalue weighted by atomic mass is 10.0. The number of nitrogen functional groups attached to an aromatic ring is 2. The van der Waals surface area contributed by atoms with Crippen LogP contribution in [0.4, 0.5) is 26.0 Å². The fourth-order valence-electron chi connectivity index (χ4n) is 2.87. The molecule has 0 saturated heterocycles. The number of pyridine rings is 1. The van der Waals surface area contributed by atoms with Gasteiger partial charge in [-0.15, -0.1) is 5.10 Å². The van der Waals surface area contributed by atoms with Gasteiger partial charge in [0.25, 0.3) is 5.69 Å². The molecular weight excluding hydrogens is 398 g/mol. The van der Waals surface area contributed by atoms with Gasteiger partial charge in [-0.3, -0.25) is 10.1 Å². The summed E-state index contributed by atoms with van der Waals surface area (Å²) in [4.78, 5) is 14.7. The number of hydrogen-bond acceptors (Lipinski definition) is 8. The highest BCUT2D eigenvalue weighted by Gasteiger charge is 2.20. The molecule has 0 spiro atoms. The van der Waals surface area contributed by atoms with Crippen molar-refractivity contribution < 1.29 is 13.7 Å². The molecule has 0 saturated carbocycles. The average Bonchev–Trinajstić information content (AvgIpc) is 3.20. The maximum absolute atomic E-state index is 14.2. The molecule has 2 heterocycles. The van der Waals surface area contributed by atoms with Crippen molar-refractivity contribution in [3.8, 4) is 28.2 Å². The molecule has 10 nitrogen and oxygen atoms in total. The van der Waals surface area contributed by atoms with Crippen molar-refractivity contribution >= 4 is 17.2 Å². The normalized spacial score (nSPS) is 10.9. The van der Waals surface area contributed by atoms with Crippen LogP contribution in [-0.2, 0) is 0 Å². The quantitative estimate of drug-likeness (QED) is 0.296. The fraction of sp³-hybridized carbons (Fsp3) is 0. The zero-order valence-electron chi connectivity index (χ0n) is 15.0.